The maximum absolute atomic E-state index is 12.3. The number of nitrogen functional groups attached to an aromatic ring is 1. The van der Waals surface area contributed by atoms with Crippen LogP contribution in [0.2, 0.25) is 0 Å². The number of carbonyl (C=O) groups excluding carboxylic acids is 1. The molecule has 1 aromatic heterocycles. The first-order valence-corrected chi connectivity index (χ1v) is 6.29. The summed E-state index contributed by atoms with van der Waals surface area (Å²) in [7, 11) is 4.76. The number of nitrogens with one attached hydrogen (secondary N) is 1. The molecule has 1 heterocycles. The van der Waals surface area contributed by atoms with Gasteiger partial charge in [-0.2, -0.15) is 5.10 Å². The Morgan fingerprint density at radius 1 is 1.24 bits per heavy atom. The molecule has 0 aliphatic carbocycles. The van der Waals surface area contributed by atoms with Gasteiger partial charge in [0.25, 0.3) is 5.91 Å². The molecule has 1 amide bonds. The number of amides is 1. The number of aryl methyl sites for hydroxylation is 2. The SMILES string of the molecule is COc1cc(NC(=O)c2c(N)c(C)nn2C)cc(OC)c1. The number of methoxy groups -OCH3 is 2. The van der Waals surface area contributed by atoms with E-state index in [0.717, 1.165) is 0 Å². The normalized spacial score (nSPS) is 10.3. The van der Waals surface area contributed by atoms with Gasteiger partial charge in [0, 0.05) is 30.9 Å². The summed E-state index contributed by atoms with van der Waals surface area (Å²) in [4.78, 5) is 12.3. The Morgan fingerprint density at radius 2 is 1.81 bits per heavy atom. The van der Waals surface area contributed by atoms with E-state index in [9.17, 15) is 4.79 Å². The van der Waals surface area contributed by atoms with E-state index < -0.39 is 0 Å². The van der Waals surface area contributed by atoms with Crippen molar-refractivity contribution >= 4 is 17.3 Å². The number of benzene rings is 1. The highest BCUT2D eigenvalue weighted by Crippen LogP contribution is 2.26. The molecule has 0 saturated heterocycles. The quantitative estimate of drug-likeness (QED) is 0.892. The van der Waals surface area contributed by atoms with Crippen molar-refractivity contribution in [3.8, 4) is 11.5 Å². The minimum absolute atomic E-state index is 0.314. The number of nitrogens with zero attached hydrogens (tertiary/aromatic N) is 2. The first-order valence-electron chi connectivity index (χ1n) is 6.29. The van der Waals surface area contributed by atoms with Gasteiger partial charge in [-0.15, -0.1) is 0 Å². The molecule has 21 heavy (non-hydrogen) atoms. The molecular weight excluding hydrogens is 272 g/mol. The number of aromatic nitrogens is 2. The lowest BCUT2D eigenvalue weighted by Crippen LogP contribution is -2.17. The van der Waals surface area contributed by atoms with Gasteiger partial charge in [0.2, 0.25) is 0 Å². The van der Waals surface area contributed by atoms with Gasteiger partial charge in [0.05, 0.1) is 25.6 Å². The number of anilines is 2. The maximum Gasteiger partial charge on any atom is 0.276 e. The maximum atomic E-state index is 12.3. The molecule has 0 unspecified atom stereocenters. The van der Waals surface area contributed by atoms with Crippen LogP contribution in [0.3, 0.4) is 0 Å². The molecule has 1 aromatic carbocycles. The Morgan fingerprint density at radius 3 is 2.24 bits per heavy atom. The lowest BCUT2D eigenvalue weighted by Gasteiger charge is -2.10. The van der Waals surface area contributed by atoms with Crippen molar-refractivity contribution in [1.29, 1.82) is 0 Å². The summed E-state index contributed by atoms with van der Waals surface area (Å²) in [5.74, 6) is 0.823. The molecule has 3 N–H and O–H groups in total. The molecule has 0 radical (unpaired) electrons. The predicted molar refractivity (Wildman–Crippen MR) is 79.9 cm³/mol. The largest absolute Gasteiger partial charge is 0.497 e. The summed E-state index contributed by atoms with van der Waals surface area (Å²) in [6.45, 7) is 1.75. The van der Waals surface area contributed by atoms with E-state index in [-0.39, 0.29) is 5.91 Å². The van der Waals surface area contributed by atoms with E-state index >= 15 is 0 Å². The average Bonchev–Trinajstić information content (AvgIpc) is 2.71. The Kier molecular flexibility index (Phi) is 4.02. The molecule has 0 aliphatic rings. The lowest BCUT2D eigenvalue weighted by atomic mass is 10.2. The molecule has 7 nitrogen and oxygen atoms in total. The third kappa shape index (κ3) is 2.91. The predicted octanol–water partition coefficient (Wildman–Crippen LogP) is 1.58. The molecule has 2 rings (SSSR count). The molecule has 0 saturated carbocycles. The summed E-state index contributed by atoms with van der Waals surface area (Å²) < 4.78 is 11.8. The third-order valence-electron chi connectivity index (χ3n) is 3.09. The van der Waals surface area contributed by atoms with Crippen LogP contribution in [-0.2, 0) is 7.05 Å². The van der Waals surface area contributed by atoms with Gasteiger partial charge >= 0.3 is 0 Å². The summed E-state index contributed by atoms with van der Waals surface area (Å²) in [6, 6.07) is 5.11. The minimum atomic E-state index is -0.342. The van der Waals surface area contributed by atoms with Crippen LogP contribution in [-0.4, -0.2) is 29.9 Å². The first kappa shape index (κ1) is 14.7. The fourth-order valence-electron chi connectivity index (χ4n) is 2.01. The first-order chi connectivity index (χ1) is 9.96. The van der Waals surface area contributed by atoms with Gasteiger partial charge in [-0.1, -0.05) is 0 Å². The van der Waals surface area contributed by atoms with Gasteiger partial charge in [0.1, 0.15) is 17.2 Å². The molecule has 0 atom stereocenters. The molecule has 0 aliphatic heterocycles. The zero-order valence-corrected chi connectivity index (χ0v) is 12.4. The highest BCUT2D eigenvalue weighted by Gasteiger charge is 2.18. The van der Waals surface area contributed by atoms with E-state index in [0.29, 0.717) is 34.3 Å². The van der Waals surface area contributed by atoms with Gasteiger partial charge in [-0.05, 0) is 6.92 Å². The van der Waals surface area contributed by atoms with Crippen LogP contribution in [0.5, 0.6) is 11.5 Å². The van der Waals surface area contributed by atoms with Crippen molar-refractivity contribution < 1.29 is 14.3 Å². The van der Waals surface area contributed by atoms with E-state index in [2.05, 4.69) is 10.4 Å². The molecular formula is C14H18N4O3. The van der Waals surface area contributed by atoms with Crippen molar-refractivity contribution in [3.63, 3.8) is 0 Å². The Bertz CT molecular complexity index is 657. The van der Waals surface area contributed by atoms with E-state index in [1.54, 1.807) is 46.4 Å². The van der Waals surface area contributed by atoms with Crippen molar-refractivity contribution in [2.45, 2.75) is 6.92 Å². The standard InChI is InChI=1S/C14H18N4O3/c1-8-12(15)13(18(2)17-8)14(19)16-9-5-10(20-3)7-11(6-9)21-4/h5-7H,15H2,1-4H3,(H,16,19). The average molecular weight is 290 g/mol. The summed E-state index contributed by atoms with van der Waals surface area (Å²) in [6.07, 6.45) is 0. The summed E-state index contributed by atoms with van der Waals surface area (Å²) >= 11 is 0. The number of carbonyl (C=O) groups is 1. The van der Waals surface area contributed by atoms with Crippen molar-refractivity contribution in [2.24, 2.45) is 7.05 Å². The van der Waals surface area contributed by atoms with Crippen molar-refractivity contribution in [2.75, 3.05) is 25.3 Å². The van der Waals surface area contributed by atoms with Crippen molar-refractivity contribution in [3.05, 3.63) is 29.6 Å². The molecule has 7 heteroatoms. The number of nitrogens with two attached hydrogens (primary N) is 1. The zero-order valence-electron chi connectivity index (χ0n) is 12.4. The van der Waals surface area contributed by atoms with E-state index in [4.69, 9.17) is 15.2 Å². The Labute approximate surface area is 122 Å². The molecule has 0 bridgehead atoms. The number of hydrogen-bond acceptors (Lipinski definition) is 5. The van der Waals surface area contributed by atoms with Gasteiger partial charge in [-0.3, -0.25) is 9.48 Å². The topological polar surface area (TPSA) is 91.4 Å². The smallest absolute Gasteiger partial charge is 0.276 e. The molecule has 0 spiro atoms. The van der Waals surface area contributed by atoms with Crippen LogP contribution >= 0.6 is 0 Å². The van der Waals surface area contributed by atoms with Crippen LogP contribution in [0.1, 0.15) is 16.2 Å². The van der Waals surface area contributed by atoms with Crippen LogP contribution in [0.25, 0.3) is 0 Å². The fraction of sp³-hybridized carbons (Fsp3) is 0.286. The molecule has 2 aromatic rings. The van der Waals surface area contributed by atoms with Gasteiger partial charge in [-0.25, -0.2) is 0 Å². The Hall–Kier alpha value is -2.70. The number of hydrogen-bond donors (Lipinski definition) is 2. The second-order valence-electron chi connectivity index (χ2n) is 4.53. The minimum Gasteiger partial charge on any atom is -0.497 e. The van der Waals surface area contributed by atoms with Gasteiger partial charge < -0.3 is 20.5 Å². The highest BCUT2D eigenvalue weighted by molar-refractivity contribution is 6.06. The van der Waals surface area contributed by atoms with Gasteiger partial charge in [0.15, 0.2) is 0 Å². The van der Waals surface area contributed by atoms with Crippen molar-refractivity contribution in [1.82, 2.24) is 9.78 Å². The molecule has 112 valence electrons. The number of rotatable bonds is 4. The second-order valence-corrected chi connectivity index (χ2v) is 4.53. The lowest BCUT2D eigenvalue weighted by molar-refractivity contribution is 0.101. The zero-order chi connectivity index (χ0) is 15.6. The van der Waals surface area contributed by atoms with E-state index in [1.165, 1.54) is 4.68 Å². The van der Waals surface area contributed by atoms with E-state index in [1.807, 2.05) is 0 Å². The van der Waals surface area contributed by atoms with Crippen LogP contribution in [0, 0.1) is 6.92 Å². The Balaban J connectivity index is 2.31. The third-order valence-corrected chi connectivity index (χ3v) is 3.09. The molecule has 0 fully saturated rings. The summed E-state index contributed by atoms with van der Waals surface area (Å²) in [5.41, 5.74) is 7.72. The fourth-order valence-corrected chi connectivity index (χ4v) is 2.01. The summed E-state index contributed by atoms with van der Waals surface area (Å²) in [5, 5.41) is 6.89. The van der Waals surface area contributed by atoms with Crippen LogP contribution in [0.4, 0.5) is 11.4 Å². The second kappa shape index (κ2) is 5.74. The highest BCUT2D eigenvalue weighted by atomic mass is 16.5. The monoisotopic (exact) mass is 290 g/mol. The van der Waals surface area contributed by atoms with Crippen LogP contribution in [0.15, 0.2) is 18.2 Å². The number of ether oxygens (including phenoxy) is 2. The van der Waals surface area contributed by atoms with Crippen LogP contribution < -0.4 is 20.5 Å².